The number of hydrogen-bond acceptors (Lipinski definition) is 4. The molecule has 8 heteroatoms. The molecular weight excluding hydrogens is 393 g/mol. The van der Waals surface area contributed by atoms with Crippen molar-refractivity contribution in [1.82, 2.24) is 4.31 Å². The Bertz CT molecular complexity index is 1080. The third-order valence-corrected chi connectivity index (χ3v) is 7.67. The Kier molecular flexibility index (Phi) is 4.89. The molecule has 2 aliphatic rings. The van der Waals surface area contributed by atoms with Crippen molar-refractivity contribution in [3.8, 4) is 6.07 Å². The van der Waals surface area contributed by atoms with Crippen LogP contribution in [0.15, 0.2) is 53.4 Å². The lowest BCUT2D eigenvalue weighted by atomic mass is 9.79. The summed E-state index contributed by atoms with van der Waals surface area (Å²) in [5, 5.41) is 8.91. The van der Waals surface area contributed by atoms with Crippen molar-refractivity contribution in [2.75, 3.05) is 24.5 Å². The van der Waals surface area contributed by atoms with E-state index in [4.69, 9.17) is 5.26 Å². The quantitative estimate of drug-likeness (QED) is 0.775. The number of anilines is 1. The standard InChI is InChI=1S/C21H20FN3O3S/c22-17-4-6-18(7-5-17)25-13-11-21(20(25)26)10-1-12-24(15-21)29(27,28)19-8-2-16(14-23)3-9-19/h2-9H,1,10-13,15H2. The molecule has 2 fully saturated rings. The molecule has 2 aromatic rings. The molecule has 2 aliphatic heterocycles. The molecule has 0 bridgehead atoms. The van der Waals surface area contributed by atoms with Gasteiger partial charge < -0.3 is 4.90 Å². The molecule has 2 saturated heterocycles. The molecule has 0 N–H and O–H groups in total. The van der Waals surface area contributed by atoms with Gasteiger partial charge in [0.2, 0.25) is 15.9 Å². The smallest absolute Gasteiger partial charge is 0.243 e. The van der Waals surface area contributed by atoms with E-state index in [2.05, 4.69) is 0 Å². The summed E-state index contributed by atoms with van der Waals surface area (Å²) in [6.07, 6.45) is 1.78. The van der Waals surface area contributed by atoms with Crippen LogP contribution in [-0.4, -0.2) is 38.3 Å². The van der Waals surface area contributed by atoms with Crippen molar-refractivity contribution in [3.63, 3.8) is 0 Å². The minimum atomic E-state index is -3.76. The van der Waals surface area contributed by atoms with Gasteiger partial charge in [0.25, 0.3) is 0 Å². The highest BCUT2D eigenvalue weighted by atomic mass is 32.2. The lowest BCUT2D eigenvalue weighted by Gasteiger charge is -2.38. The Labute approximate surface area is 169 Å². The highest BCUT2D eigenvalue weighted by Gasteiger charge is 2.51. The van der Waals surface area contributed by atoms with E-state index in [1.165, 1.54) is 40.7 Å². The normalized spacial score (nSPS) is 22.8. The minimum absolute atomic E-state index is 0.108. The highest BCUT2D eigenvalue weighted by molar-refractivity contribution is 7.89. The van der Waals surface area contributed by atoms with Gasteiger partial charge in [-0.2, -0.15) is 9.57 Å². The van der Waals surface area contributed by atoms with Gasteiger partial charge in [0.1, 0.15) is 5.82 Å². The second-order valence-electron chi connectivity index (χ2n) is 7.54. The van der Waals surface area contributed by atoms with Crippen LogP contribution in [0.5, 0.6) is 0 Å². The van der Waals surface area contributed by atoms with Crippen molar-refractivity contribution < 1.29 is 17.6 Å². The predicted octanol–water partition coefficient (Wildman–Crippen LogP) is 2.91. The number of piperidine rings is 1. The van der Waals surface area contributed by atoms with Gasteiger partial charge in [-0.15, -0.1) is 0 Å². The van der Waals surface area contributed by atoms with Crippen LogP contribution in [0, 0.1) is 22.6 Å². The lowest BCUT2D eigenvalue weighted by molar-refractivity contribution is -0.127. The number of halogens is 1. The topological polar surface area (TPSA) is 81.5 Å². The molecule has 0 aliphatic carbocycles. The predicted molar refractivity (Wildman–Crippen MR) is 105 cm³/mol. The number of benzene rings is 2. The van der Waals surface area contributed by atoms with E-state index < -0.39 is 15.4 Å². The summed E-state index contributed by atoms with van der Waals surface area (Å²) in [6.45, 7) is 0.967. The van der Waals surface area contributed by atoms with Crippen LogP contribution in [0.3, 0.4) is 0 Å². The molecule has 2 aromatic carbocycles. The minimum Gasteiger partial charge on any atom is -0.312 e. The average molecular weight is 413 g/mol. The number of amides is 1. The zero-order valence-corrected chi connectivity index (χ0v) is 16.5. The number of nitriles is 1. The largest absolute Gasteiger partial charge is 0.312 e. The van der Waals surface area contributed by atoms with E-state index in [9.17, 15) is 17.6 Å². The molecule has 1 unspecified atom stereocenters. The number of rotatable bonds is 3. The Morgan fingerprint density at radius 2 is 1.69 bits per heavy atom. The van der Waals surface area contributed by atoms with Crippen molar-refractivity contribution in [3.05, 3.63) is 59.9 Å². The molecule has 1 atom stereocenters. The Morgan fingerprint density at radius 1 is 1.00 bits per heavy atom. The van der Waals surface area contributed by atoms with Crippen LogP contribution in [0.25, 0.3) is 0 Å². The molecule has 29 heavy (non-hydrogen) atoms. The summed E-state index contributed by atoms with van der Waals surface area (Å²) in [5.74, 6) is -0.476. The highest BCUT2D eigenvalue weighted by Crippen LogP contribution is 2.43. The van der Waals surface area contributed by atoms with Crippen molar-refractivity contribution >= 4 is 21.6 Å². The van der Waals surface area contributed by atoms with Gasteiger partial charge in [0, 0.05) is 25.3 Å². The summed E-state index contributed by atoms with van der Waals surface area (Å²) in [6, 6.07) is 13.5. The van der Waals surface area contributed by atoms with Crippen LogP contribution in [-0.2, 0) is 14.8 Å². The third kappa shape index (κ3) is 3.41. The van der Waals surface area contributed by atoms with E-state index in [1.807, 2.05) is 6.07 Å². The third-order valence-electron chi connectivity index (χ3n) is 5.81. The SMILES string of the molecule is N#Cc1ccc(S(=O)(=O)N2CCCC3(CCN(c4ccc(F)cc4)C3=O)C2)cc1. The van der Waals surface area contributed by atoms with Gasteiger partial charge in [-0.25, -0.2) is 12.8 Å². The van der Waals surface area contributed by atoms with E-state index in [0.717, 1.165) is 0 Å². The van der Waals surface area contributed by atoms with E-state index in [-0.39, 0.29) is 23.2 Å². The Balaban J connectivity index is 1.58. The first kappa shape index (κ1) is 19.6. The van der Waals surface area contributed by atoms with Crippen molar-refractivity contribution in [1.29, 1.82) is 5.26 Å². The zero-order valence-electron chi connectivity index (χ0n) is 15.7. The molecule has 0 aromatic heterocycles. The van der Waals surface area contributed by atoms with Gasteiger partial charge in [-0.05, 0) is 67.8 Å². The zero-order chi connectivity index (χ0) is 20.6. The number of sulfonamides is 1. The van der Waals surface area contributed by atoms with E-state index in [0.29, 0.717) is 43.6 Å². The molecule has 4 rings (SSSR count). The molecular formula is C21H20FN3O3S. The monoisotopic (exact) mass is 413 g/mol. The summed E-state index contributed by atoms with van der Waals surface area (Å²) in [7, 11) is -3.76. The molecule has 150 valence electrons. The molecule has 1 amide bonds. The second kappa shape index (κ2) is 7.25. The average Bonchev–Trinajstić information content (AvgIpc) is 3.04. The first-order valence-corrected chi connectivity index (χ1v) is 10.9. The molecule has 1 spiro atoms. The number of carbonyl (C=O) groups excluding carboxylic acids is 1. The Morgan fingerprint density at radius 3 is 2.34 bits per heavy atom. The summed E-state index contributed by atoms with van der Waals surface area (Å²) >= 11 is 0. The van der Waals surface area contributed by atoms with Crippen LogP contribution < -0.4 is 4.90 Å². The maximum absolute atomic E-state index is 13.2. The van der Waals surface area contributed by atoms with Crippen LogP contribution in [0.1, 0.15) is 24.8 Å². The summed E-state index contributed by atoms with van der Waals surface area (Å²) in [4.78, 5) is 15.0. The molecule has 0 saturated carbocycles. The van der Waals surface area contributed by atoms with Crippen molar-refractivity contribution in [2.45, 2.75) is 24.2 Å². The molecule has 6 nitrogen and oxygen atoms in total. The van der Waals surface area contributed by atoms with Gasteiger partial charge in [-0.3, -0.25) is 4.79 Å². The van der Waals surface area contributed by atoms with Crippen molar-refractivity contribution in [2.24, 2.45) is 5.41 Å². The maximum atomic E-state index is 13.2. The first-order valence-electron chi connectivity index (χ1n) is 9.44. The lowest BCUT2D eigenvalue weighted by Crippen LogP contribution is -2.49. The van der Waals surface area contributed by atoms with E-state index in [1.54, 1.807) is 17.0 Å². The summed E-state index contributed by atoms with van der Waals surface area (Å²) in [5.41, 5.74) is 0.257. The number of nitrogens with zero attached hydrogens (tertiary/aromatic N) is 3. The fraction of sp³-hybridized carbons (Fsp3) is 0.333. The van der Waals surface area contributed by atoms with Gasteiger partial charge in [-0.1, -0.05) is 0 Å². The van der Waals surface area contributed by atoms with E-state index >= 15 is 0 Å². The number of hydrogen-bond donors (Lipinski definition) is 0. The molecule has 0 radical (unpaired) electrons. The first-order chi connectivity index (χ1) is 13.9. The molecule has 2 heterocycles. The fourth-order valence-electron chi connectivity index (χ4n) is 4.21. The Hall–Kier alpha value is -2.76. The van der Waals surface area contributed by atoms with Crippen LogP contribution >= 0.6 is 0 Å². The number of carbonyl (C=O) groups is 1. The van der Waals surface area contributed by atoms with Crippen LogP contribution in [0.4, 0.5) is 10.1 Å². The van der Waals surface area contributed by atoms with Crippen LogP contribution in [0.2, 0.25) is 0 Å². The second-order valence-corrected chi connectivity index (χ2v) is 9.48. The summed E-state index contributed by atoms with van der Waals surface area (Å²) < 4.78 is 40.8. The van der Waals surface area contributed by atoms with Gasteiger partial charge in [0.05, 0.1) is 21.9 Å². The maximum Gasteiger partial charge on any atom is 0.243 e. The van der Waals surface area contributed by atoms with Gasteiger partial charge in [0.15, 0.2) is 0 Å². The fourth-order valence-corrected chi connectivity index (χ4v) is 5.78. The van der Waals surface area contributed by atoms with Gasteiger partial charge >= 0.3 is 0 Å².